The third-order valence-electron chi connectivity index (χ3n) is 2.74. The van der Waals surface area contributed by atoms with Crippen molar-refractivity contribution < 1.29 is 18.3 Å². The monoisotopic (exact) mass is 220 g/mol. The molecular weight excluding hydrogens is 208 g/mol. The number of sulfonamides is 1. The van der Waals surface area contributed by atoms with E-state index in [0.717, 1.165) is 0 Å². The molecule has 2 saturated heterocycles. The second kappa shape index (κ2) is 3.18. The fourth-order valence-corrected chi connectivity index (χ4v) is 3.71. The lowest BCUT2D eigenvalue weighted by molar-refractivity contribution is -0.136. The zero-order valence-corrected chi connectivity index (χ0v) is 8.33. The lowest BCUT2D eigenvalue weighted by atomic mass is 10.2. The molecule has 1 atom stereocenters. The fraction of sp³-hybridized carbons (Fsp3) is 0.857. The van der Waals surface area contributed by atoms with Crippen LogP contribution in [0.3, 0.4) is 0 Å². The maximum Gasteiger partial charge on any atom is 0.323 e. The van der Waals surface area contributed by atoms with Crippen LogP contribution in [-0.2, 0) is 14.8 Å². The molecule has 0 aromatic carbocycles. The van der Waals surface area contributed by atoms with Crippen molar-refractivity contribution in [3.8, 4) is 0 Å². The Kier molecular flexibility index (Phi) is 2.24. The maximum atomic E-state index is 11.7. The normalized spacial score (nSPS) is 32.7. The highest BCUT2D eigenvalue weighted by molar-refractivity contribution is 7.90. The van der Waals surface area contributed by atoms with Crippen LogP contribution in [0.5, 0.6) is 0 Å². The molecule has 2 fully saturated rings. The first kappa shape index (κ1) is 9.88. The molecule has 2 aliphatic heterocycles. The van der Waals surface area contributed by atoms with Crippen molar-refractivity contribution in [3.05, 3.63) is 0 Å². The molecule has 7 heteroatoms. The summed E-state index contributed by atoms with van der Waals surface area (Å²) in [5, 5.41) is 10.5. The summed E-state index contributed by atoms with van der Waals surface area (Å²) in [6.45, 7) is 1.60. The molecule has 2 N–H and O–H groups in total. The van der Waals surface area contributed by atoms with Gasteiger partial charge in [-0.05, 0) is 6.42 Å². The predicted octanol–water partition coefficient (Wildman–Crippen LogP) is -1.55. The van der Waals surface area contributed by atoms with E-state index in [4.69, 9.17) is 5.11 Å². The van der Waals surface area contributed by atoms with Crippen molar-refractivity contribution in [2.75, 3.05) is 19.6 Å². The van der Waals surface area contributed by atoms with Crippen LogP contribution < -0.4 is 5.32 Å². The molecule has 1 unspecified atom stereocenters. The second-order valence-electron chi connectivity index (χ2n) is 3.58. The van der Waals surface area contributed by atoms with Crippen molar-refractivity contribution in [3.63, 3.8) is 0 Å². The molecule has 14 heavy (non-hydrogen) atoms. The van der Waals surface area contributed by atoms with Gasteiger partial charge in [-0.25, -0.2) is 8.42 Å². The molecule has 2 aliphatic rings. The van der Waals surface area contributed by atoms with E-state index in [-0.39, 0.29) is 12.5 Å². The molecule has 2 rings (SSSR count). The van der Waals surface area contributed by atoms with Gasteiger partial charge in [0.25, 0.3) is 0 Å². The van der Waals surface area contributed by atoms with Gasteiger partial charge in [-0.1, -0.05) is 0 Å². The Hall–Kier alpha value is -0.660. The topological polar surface area (TPSA) is 86.7 Å². The SMILES string of the molecule is O=C(O)C1CCN(C2CNC2)S1(=O)=O. The molecule has 80 valence electrons. The smallest absolute Gasteiger partial charge is 0.323 e. The second-order valence-corrected chi connectivity index (χ2v) is 5.65. The Balaban J connectivity index is 2.20. The van der Waals surface area contributed by atoms with Crippen LogP contribution >= 0.6 is 0 Å². The molecule has 0 aromatic rings. The van der Waals surface area contributed by atoms with E-state index >= 15 is 0 Å². The van der Waals surface area contributed by atoms with Gasteiger partial charge in [0.05, 0.1) is 0 Å². The zero-order valence-electron chi connectivity index (χ0n) is 7.51. The van der Waals surface area contributed by atoms with E-state index in [9.17, 15) is 13.2 Å². The number of hydrogen-bond donors (Lipinski definition) is 2. The van der Waals surface area contributed by atoms with Gasteiger partial charge in [-0.15, -0.1) is 0 Å². The van der Waals surface area contributed by atoms with Gasteiger partial charge in [-0.2, -0.15) is 4.31 Å². The summed E-state index contributed by atoms with van der Waals surface area (Å²) in [6, 6.07) is -0.0376. The largest absolute Gasteiger partial charge is 0.480 e. The quantitative estimate of drug-likeness (QED) is 0.588. The lowest BCUT2D eigenvalue weighted by Gasteiger charge is -2.34. The lowest BCUT2D eigenvalue weighted by Crippen LogP contribution is -2.58. The average Bonchev–Trinajstić information content (AvgIpc) is 2.24. The number of carbonyl (C=O) groups is 1. The van der Waals surface area contributed by atoms with Crippen LogP contribution in [0.4, 0.5) is 0 Å². The standard InChI is InChI=1S/C7H12N2O4S/c10-7(11)6-1-2-9(14(6,12)13)5-3-8-4-5/h5-6,8H,1-4H2,(H,10,11). The van der Waals surface area contributed by atoms with Crippen LogP contribution in [0.1, 0.15) is 6.42 Å². The summed E-state index contributed by atoms with van der Waals surface area (Å²) < 4.78 is 24.7. The number of nitrogens with zero attached hydrogens (tertiary/aromatic N) is 1. The van der Waals surface area contributed by atoms with Crippen molar-refractivity contribution >= 4 is 16.0 Å². The summed E-state index contributed by atoms with van der Waals surface area (Å²) in [6.07, 6.45) is 0.203. The van der Waals surface area contributed by atoms with Crippen LogP contribution in [0.15, 0.2) is 0 Å². The molecular formula is C7H12N2O4S. The predicted molar refractivity (Wildman–Crippen MR) is 48.3 cm³/mol. The minimum absolute atomic E-state index is 0.0376. The molecule has 0 bridgehead atoms. The van der Waals surface area contributed by atoms with Crippen molar-refractivity contribution in [1.29, 1.82) is 0 Å². The van der Waals surface area contributed by atoms with E-state index in [1.807, 2.05) is 0 Å². The highest BCUT2D eigenvalue weighted by atomic mass is 32.2. The third kappa shape index (κ3) is 1.32. The highest BCUT2D eigenvalue weighted by Gasteiger charge is 2.47. The number of aliphatic carboxylic acids is 1. The molecule has 2 heterocycles. The molecule has 0 spiro atoms. The first-order chi connectivity index (χ1) is 6.53. The summed E-state index contributed by atoms with van der Waals surface area (Å²) >= 11 is 0. The Morgan fingerprint density at radius 1 is 1.43 bits per heavy atom. The molecule has 0 radical (unpaired) electrons. The van der Waals surface area contributed by atoms with Crippen LogP contribution in [0.2, 0.25) is 0 Å². The van der Waals surface area contributed by atoms with Crippen LogP contribution in [0.25, 0.3) is 0 Å². The number of nitrogens with one attached hydrogen (secondary N) is 1. The van der Waals surface area contributed by atoms with E-state index in [1.165, 1.54) is 4.31 Å². The van der Waals surface area contributed by atoms with Gasteiger partial charge < -0.3 is 10.4 Å². The Labute approximate surface area is 81.9 Å². The van der Waals surface area contributed by atoms with Crippen LogP contribution in [-0.4, -0.2) is 54.7 Å². The van der Waals surface area contributed by atoms with E-state index in [0.29, 0.717) is 19.6 Å². The molecule has 0 aliphatic carbocycles. The zero-order chi connectivity index (χ0) is 10.3. The van der Waals surface area contributed by atoms with Crippen molar-refractivity contribution in [2.45, 2.75) is 17.7 Å². The van der Waals surface area contributed by atoms with Crippen molar-refractivity contribution in [2.24, 2.45) is 0 Å². The Morgan fingerprint density at radius 2 is 2.07 bits per heavy atom. The minimum atomic E-state index is -3.59. The van der Waals surface area contributed by atoms with E-state index in [2.05, 4.69) is 5.32 Å². The van der Waals surface area contributed by atoms with Gasteiger partial charge in [0.15, 0.2) is 5.25 Å². The summed E-state index contributed by atoms with van der Waals surface area (Å²) in [5.74, 6) is -1.24. The first-order valence-corrected chi connectivity index (χ1v) is 5.98. The van der Waals surface area contributed by atoms with Crippen LogP contribution in [0, 0.1) is 0 Å². The Morgan fingerprint density at radius 3 is 2.43 bits per heavy atom. The number of rotatable bonds is 2. The van der Waals surface area contributed by atoms with Gasteiger partial charge in [0.1, 0.15) is 0 Å². The summed E-state index contributed by atoms with van der Waals surface area (Å²) in [4.78, 5) is 10.7. The number of carboxylic acid groups (broad SMARTS) is 1. The maximum absolute atomic E-state index is 11.7. The van der Waals surface area contributed by atoms with E-state index < -0.39 is 21.2 Å². The van der Waals surface area contributed by atoms with Gasteiger partial charge in [0, 0.05) is 25.7 Å². The average molecular weight is 220 g/mol. The summed E-state index contributed by atoms with van der Waals surface area (Å²) in [7, 11) is -3.59. The van der Waals surface area contributed by atoms with Crippen molar-refractivity contribution in [1.82, 2.24) is 9.62 Å². The highest BCUT2D eigenvalue weighted by Crippen LogP contribution is 2.25. The van der Waals surface area contributed by atoms with Gasteiger partial charge >= 0.3 is 5.97 Å². The molecule has 6 nitrogen and oxygen atoms in total. The minimum Gasteiger partial charge on any atom is -0.480 e. The number of carboxylic acids is 1. The molecule has 0 aromatic heterocycles. The molecule has 0 amide bonds. The fourth-order valence-electron chi connectivity index (χ4n) is 1.80. The van der Waals surface area contributed by atoms with Gasteiger partial charge in [0.2, 0.25) is 10.0 Å². The Bertz CT molecular complexity index is 349. The number of hydrogen-bond acceptors (Lipinski definition) is 4. The summed E-state index contributed by atoms with van der Waals surface area (Å²) in [5.41, 5.74) is 0. The van der Waals surface area contributed by atoms with E-state index in [1.54, 1.807) is 0 Å². The van der Waals surface area contributed by atoms with Gasteiger partial charge in [-0.3, -0.25) is 4.79 Å². The third-order valence-corrected chi connectivity index (χ3v) is 5.03. The molecule has 0 saturated carbocycles. The first-order valence-electron chi connectivity index (χ1n) is 4.47.